The monoisotopic (exact) mass is 400 g/mol. The van der Waals surface area contributed by atoms with Gasteiger partial charge in [0.05, 0.1) is 19.3 Å². The zero-order valence-corrected chi connectivity index (χ0v) is 16.0. The molecule has 2 N–H and O–H groups in total. The smallest absolute Gasteiger partial charge is 0.252 e. The number of hydrogen-bond donors (Lipinski definition) is 2. The molecule has 152 valence electrons. The average molecular weight is 400 g/mol. The molecule has 2 aliphatic rings. The Kier molecular flexibility index (Phi) is 4.34. The highest BCUT2D eigenvalue weighted by molar-refractivity contribution is 5.91. The van der Waals surface area contributed by atoms with Crippen LogP contribution in [0, 0.1) is 0 Å². The number of nitrogens with zero attached hydrogens (tertiary/aromatic N) is 4. The lowest BCUT2D eigenvalue weighted by Gasteiger charge is -2.37. The number of rotatable bonds is 4. The molecule has 1 aliphatic heterocycles. The summed E-state index contributed by atoms with van der Waals surface area (Å²) in [5, 5.41) is 4.09. The van der Waals surface area contributed by atoms with Gasteiger partial charge in [0.25, 0.3) is 5.92 Å². The molecular weight excluding hydrogens is 378 g/mol. The third-order valence-corrected chi connectivity index (χ3v) is 5.52. The summed E-state index contributed by atoms with van der Waals surface area (Å²) in [6.07, 6.45) is 3.19. The van der Waals surface area contributed by atoms with E-state index in [-0.39, 0.29) is 24.9 Å². The molecule has 0 aromatic carbocycles. The highest BCUT2D eigenvalue weighted by Gasteiger charge is 2.45. The number of hydrogen-bond acceptors (Lipinski definition) is 6. The first kappa shape index (κ1) is 18.2. The molecule has 0 bridgehead atoms. The number of aromatic amines is 1. The lowest BCUT2D eigenvalue weighted by Crippen LogP contribution is -2.45. The van der Waals surface area contributed by atoms with E-state index in [1.807, 2.05) is 24.4 Å². The van der Waals surface area contributed by atoms with Gasteiger partial charge in [0.2, 0.25) is 0 Å². The van der Waals surface area contributed by atoms with Gasteiger partial charge in [-0.2, -0.15) is 0 Å². The Morgan fingerprint density at radius 1 is 1.28 bits per heavy atom. The van der Waals surface area contributed by atoms with Crippen LogP contribution < -0.4 is 10.2 Å². The number of ether oxygens (including phenoxy) is 1. The summed E-state index contributed by atoms with van der Waals surface area (Å²) < 4.78 is 32.1. The van der Waals surface area contributed by atoms with E-state index in [0.29, 0.717) is 31.4 Å². The fraction of sp³-hybridized carbons (Fsp3) is 0.450. The second kappa shape index (κ2) is 6.91. The first-order valence-electron chi connectivity index (χ1n) is 9.79. The number of alkyl halides is 2. The maximum atomic E-state index is 13.3. The van der Waals surface area contributed by atoms with Crippen molar-refractivity contribution in [2.24, 2.45) is 0 Å². The van der Waals surface area contributed by atoms with Crippen molar-refractivity contribution in [3.05, 3.63) is 30.6 Å². The molecule has 4 heterocycles. The van der Waals surface area contributed by atoms with Crippen LogP contribution in [0.15, 0.2) is 30.6 Å². The number of aromatic nitrogens is 4. The first-order valence-corrected chi connectivity index (χ1v) is 9.79. The molecule has 3 aromatic rings. The molecular formula is C20H22F2N6O. The maximum Gasteiger partial charge on any atom is 0.252 e. The average Bonchev–Trinajstić information content (AvgIpc) is 3.15. The molecule has 1 saturated heterocycles. The predicted molar refractivity (Wildman–Crippen MR) is 106 cm³/mol. The number of halogens is 2. The van der Waals surface area contributed by atoms with Gasteiger partial charge in [0.15, 0.2) is 5.82 Å². The van der Waals surface area contributed by atoms with Crippen LogP contribution in [0.2, 0.25) is 0 Å². The van der Waals surface area contributed by atoms with Crippen LogP contribution in [0.1, 0.15) is 19.8 Å². The SMILES string of the molecule is CC1COCCN1c1cc(NC2CC(F)(F)C2)nc(-c2ccnc3[nH]ccc23)n1. The topological polar surface area (TPSA) is 79.0 Å². The van der Waals surface area contributed by atoms with Gasteiger partial charge >= 0.3 is 0 Å². The van der Waals surface area contributed by atoms with Crippen LogP contribution in [-0.2, 0) is 4.74 Å². The molecule has 9 heteroatoms. The molecule has 0 radical (unpaired) electrons. The van der Waals surface area contributed by atoms with E-state index in [0.717, 1.165) is 22.4 Å². The Morgan fingerprint density at radius 2 is 2.14 bits per heavy atom. The van der Waals surface area contributed by atoms with Crippen molar-refractivity contribution in [3.63, 3.8) is 0 Å². The molecule has 29 heavy (non-hydrogen) atoms. The van der Waals surface area contributed by atoms with Crippen molar-refractivity contribution in [2.45, 2.75) is 37.8 Å². The summed E-state index contributed by atoms with van der Waals surface area (Å²) in [6.45, 7) is 4.04. The van der Waals surface area contributed by atoms with Crippen molar-refractivity contribution in [3.8, 4) is 11.4 Å². The van der Waals surface area contributed by atoms with Crippen LogP contribution in [0.25, 0.3) is 22.4 Å². The number of morpholine rings is 1. The van der Waals surface area contributed by atoms with Gasteiger partial charge in [0.1, 0.15) is 17.3 Å². The zero-order chi connectivity index (χ0) is 20.0. The lowest BCUT2D eigenvalue weighted by atomic mass is 9.88. The fourth-order valence-corrected chi connectivity index (χ4v) is 3.97. The second-order valence-corrected chi connectivity index (χ2v) is 7.76. The van der Waals surface area contributed by atoms with Gasteiger partial charge in [-0.3, -0.25) is 0 Å². The van der Waals surface area contributed by atoms with E-state index in [4.69, 9.17) is 9.72 Å². The minimum atomic E-state index is -2.59. The normalized spacial score (nSPS) is 21.9. The van der Waals surface area contributed by atoms with Gasteiger partial charge in [-0.1, -0.05) is 0 Å². The second-order valence-electron chi connectivity index (χ2n) is 7.76. The number of anilines is 2. The van der Waals surface area contributed by atoms with E-state index in [2.05, 4.69) is 32.1 Å². The van der Waals surface area contributed by atoms with Crippen molar-refractivity contribution in [2.75, 3.05) is 30.0 Å². The van der Waals surface area contributed by atoms with Crippen LogP contribution >= 0.6 is 0 Å². The molecule has 2 fully saturated rings. The fourth-order valence-electron chi connectivity index (χ4n) is 3.97. The highest BCUT2D eigenvalue weighted by atomic mass is 19.3. The van der Waals surface area contributed by atoms with Gasteiger partial charge in [-0.15, -0.1) is 0 Å². The van der Waals surface area contributed by atoms with Crippen LogP contribution in [0.4, 0.5) is 20.4 Å². The van der Waals surface area contributed by atoms with Crippen LogP contribution in [-0.4, -0.2) is 57.7 Å². The quantitative estimate of drug-likeness (QED) is 0.698. The summed E-state index contributed by atoms with van der Waals surface area (Å²) in [7, 11) is 0. The molecule has 1 atom stereocenters. The zero-order valence-electron chi connectivity index (χ0n) is 16.0. The summed E-state index contributed by atoms with van der Waals surface area (Å²) in [5.41, 5.74) is 1.60. The summed E-state index contributed by atoms with van der Waals surface area (Å²) in [5.74, 6) is -0.719. The Labute approximate surface area is 166 Å². The van der Waals surface area contributed by atoms with Crippen molar-refractivity contribution < 1.29 is 13.5 Å². The van der Waals surface area contributed by atoms with Gasteiger partial charge in [0, 0.05) is 54.8 Å². The molecule has 7 nitrogen and oxygen atoms in total. The van der Waals surface area contributed by atoms with E-state index >= 15 is 0 Å². The summed E-state index contributed by atoms with van der Waals surface area (Å²) in [6, 6.07) is 5.53. The highest BCUT2D eigenvalue weighted by Crippen LogP contribution is 2.39. The van der Waals surface area contributed by atoms with E-state index in [9.17, 15) is 8.78 Å². The van der Waals surface area contributed by atoms with E-state index in [1.54, 1.807) is 6.20 Å². The number of fused-ring (bicyclic) bond motifs is 1. The molecule has 0 spiro atoms. The van der Waals surface area contributed by atoms with Crippen molar-refractivity contribution in [1.29, 1.82) is 0 Å². The summed E-state index contributed by atoms with van der Waals surface area (Å²) >= 11 is 0. The number of nitrogens with one attached hydrogen (secondary N) is 2. The predicted octanol–water partition coefficient (Wildman–Crippen LogP) is 3.45. The Bertz CT molecular complexity index is 1030. The molecule has 1 unspecified atom stereocenters. The van der Waals surface area contributed by atoms with E-state index < -0.39 is 5.92 Å². The Morgan fingerprint density at radius 3 is 2.93 bits per heavy atom. The van der Waals surface area contributed by atoms with Crippen LogP contribution in [0.3, 0.4) is 0 Å². The van der Waals surface area contributed by atoms with Gasteiger partial charge in [-0.05, 0) is 19.1 Å². The van der Waals surface area contributed by atoms with Gasteiger partial charge < -0.3 is 19.9 Å². The number of pyridine rings is 1. The maximum absolute atomic E-state index is 13.3. The largest absolute Gasteiger partial charge is 0.377 e. The minimum absolute atomic E-state index is 0.164. The van der Waals surface area contributed by atoms with Crippen LogP contribution in [0.5, 0.6) is 0 Å². The van der Waals surface area contributed by atoms with Crippen molar-refractivity contribution >= 4 is 22.7 Å². The first-order chi connectivity index (χ1) is 14.0. The Hall–Kier alpha value is -2.81. The minimum Gasteiger partial charge on any atom is -0.377 e. The third kappa shape index (κ3) is 3.50. The Balaban J connectivity index is 1.55. The summed E-state index contributed by atoms with van der Waals surface area (Å²) in [4.78, 5) is 19.1. The van der Waals surface area contributed by atoms with Gasteiger partial charge in [-0.25, -0.2) is 23.7 Å². The molecule has 0 amide bonds. The number of H-pyrrole nitrogens is 1. The van der Waals surface area contributed by atoms with E-state index in [1.165, 1.54) is 0 Å². The molecule has 1 saturated carbocycles. The standard InChI is InChI=1S/C20H22F2N6O/c1-12-11-29-7-6-28(12)17-8-16(25-13-9-20(21,22)10-13)26-19(27-17)15-3-5-24-18-14(15)2-4-23-18/h2-5,8,12-13H,6-7,9-11H2,1H3,(H,23,24)(H,25,26,27). The molecule has 5 rings (SSSR count). The van der Waals surface area contributed by atoms with Crippen molar-refractivity contribution in [1.82, 2.24) is 19.9 Å². The lowest BCUT2D eigenvalue weighted by molar-refractivity contribution is -0.0794. The third-order valence-electron chi connectivity index (χ3n) is 5.52. The molecule has 1 aliphatic carbocycles. The molecule has 3 aromatic heterocycles.